The van der Waals surface area contributed by atoms with Gasteiger partial charge in [0.05, 0.1) is 0 Å². The molecule has 0 amide bonds. The second-order valence-corrected chi connectivity index (χ2v) is 6.02. The zero-order valence-electron chi connectivity index (χ0n) is 17.6. The lowest BCUT2D eigenvalue weighted by molar-refractivity contribution is -0.729. The average Bonchev–Trinajstić information content (AvgIpc) is 2.50. The minimum absolute atomic E-state index is 0. The Hall–Kier alpha value is -1.63. The molecule has 11 heteroatoms. The van der Waals surface area contributed by atoms with Crippen LogP contribution < -0.4 is 0 Å². The first-order valence-electron chi connectivity index (χ1n) is 9.17. The number of hydrogen-bond acceptors (Lipinski definition) is 4. The van der Waals surface area contributed by atoms with E-state index in [-0.39, 0.29) is 39.3 Å². The summed E-state index contributed by atoms with van der Waals surface area (Å²) >= 11 is 0. The average molecular weight is 436 g/mol. The fourth-order valence-electron chi connectivity index (χ4n) is 2.47. The molecule has 0 aromatic rings. The number of rotatable bonds is 16. The number of nitrogens with zero attached hydrogens (tertiary/aromatic N) is 1. The van der Waals surface area contributed by atoms with Gasteiger partial charge < -0.3 is 32.9 Å². The molecule has 29 heavy (non-hydrogen) atoms. The van der Waals surface area contributed by atoms with Gasteiger partial charge in [-0.15, -0.1) is 10.1 Å². The van der Waals surface area contributed by atoms with E-state index in [0.29, 0.717) is 6.42 Å². The summed E-state index contributed by atoms with van der Waals surface area (Å²) in [5.41, 5.74) is 0. The summed E-state index contributed by atoms with van der Waals surface area (Å²) in [6, 6.07) is 0. The van der Waals surface area contributed by atoms with Gasteiger partial charge in [-0.1, -0.05) is 70.4 Å². The first kappa shape index (κ1) is 45.9. The molecule has 0 unspecified atom stereocenters. The van der Waals surface area contributed by atoms with Crippen LogP contribution in [0.15, 0.2) is 12.2 Å². The Morgan fingerprint density at radius 2 is 1.10 bits per heavy atom. The highest BCUT2D eigenvalue weighted by atomic mass is 17.0. The van der Waals surface area contributed by atoms with Crippen molar-refractivity contribution in [2.24, 2.45) is 0 Å². The van der Waals surface area contributed by atoms with Crippen LogP contribution in [0.25, 0.3) is 0 Å². The molecule has 0 saturated heterocycles. The minimum atomic E-state index is -1.04. The molecule has 0 rings (SSSR count). The second-order valence-electron chi connectivity index (χ2n) is 6.02. The molecule has 0 aliphatic heterocycles. The quantitative estimate of drug-likeness (QED) is 0.147. The van der Waals surface area contributed by atoms with Gasteiger partial charge in [-0.05, 0) is 32.1 Å². The van der Waals surface area contributed by atoms with E-state index in [1.807, 2.05) is 0 Å². The fraction of sp³-hybridized carbons (Fsp3) is 0.833. The van der Waals surface area contributed by atoms with Crippen LogP contribution >= 0.6 is 0 Å². The normalized spacial score (nSPS) is 8.72. The van der Waals surface area contributed by atoms with E-state index < -0.39 is 11.1 Å². The molecule has 12 N–H and O–H groups in total. The Kier molecular flexibility index (Phi) is 58.8. The zero-order chi connectivity index (χ0) is 17.2. The second kappa shape index (κ2) is 37.2. The van der Waals surface area contributed by atoms with Gasteiger partial charge >= 0.3 is 11.1 Å². The fourth-order valence-corrected chi connectivity index (χ4v) is 2.47. The summed E-state index contributed by atoms with van der Waals surface area (Å²) in [6.07, 6.45) is 20.1. The maximum atomic E-state index is 10.9. The molecule has 0 saturated carbocycles. The third-order valence-corrected chi connectivity index (χ3v) is 3.82. The monoisotopic (exact) mass is 435 g/mol. The Labute approximate surface area is 173 Å². The number of unbranched alkanes of at least 4 members (excludes halogenated alkanes) is 11. The van der Waals surface area contributed by atoms with Crippen molar-refractivity contribution in [3.05, 3.63) is 22.3 Å². The Balaban J connectivity index is -0.000000161. The lowest BCUT2D eigenvalue weighted by Gasteiger charge is -2.00. The summed E-state index contributed by atoms with van der Waals surface area (Å²) in [4.78, 5) is 24.7. The number of carbonyl (C=O) groups excluding carboxylic acids is 1. The van der Waals surface area contributed by atoms with Crippen molar-refractivity contribution in [2.75, 3.05) is 0 Å². The maximum Gasteiger partial charge on any atom is 0.303 e. The molecular weight excluding hydrogens is 390 g/mol. The highest BCUT2D eigenvalue weighted by Crippen LogP contribution is 2.10. The number of carbonyl (C=O) groups is 1. The molecule has 0 aromatic heterocycles. The smallest absolute Gasteiger partial charge is 0.303 e. The van der Waals surface area contributed by atoms with Crippen LogP contribution in [0, 0.1) is 10.1 Å². The van der Waals surface area contributed by atoms with E-state index in [2.05, 4.69) is 23.9 Å². The van der Waals surface area contributed by atoms with Crippen molar-refractivity contribution in [2.45, 2.75) is 96.8 Å². The lowest BCUT2D eigenvalue weighted by atomic mass is 10.1. The van der Waals surface area contributed by atoms with Gasteiger partial charge in [0.25, 0.3) is 0 Å². The van der Waals surface area contributed by atoms with Crippen LogP contribution in [-0.4, -0.2) is 43.9 Å². The van der Waals surface area contributed by atoms with Gasteiger partial charge in [0.15, 0.2) is 0 Å². The maximum absolute atomic E-state index is 10.9. The Morgan fingerprint density at radius 3 is 1.52 bits per heavy atom. The van der Waals surface area contributed by atoms with Gasteiger partial charge in [0.1, 0.15) is 0 Å². The summed E-state index contributed by atoms with van der Waals surface area (Å²) in [5.74, 6) is -0.743. The van der Waals surface area contributed by atoms with Crippen molar-refractivity contribution >= 4 is 5.97 Å². The van der Waals surface area contributed by atoms with Gasteiger partial charge in [-0.2, -0.15) is 0 Å². The summed E-state index contributed by atoms with van der Waals surface area (Å²) < 4.78 is 0. The minimum Gasteiger partial charge on any atom is -0.412 e. The van der Waals surface area contributed by atoms with E-state index in [9.17, 15) is 14.9 Å². The van der Waals surface area contributed by atoms with Crippen LogP contribution in [0.2, 0.25) is 0 Å². The molecule has 0 aromatic carbocycles. The molecule has 0 radical (unpaired) electrons. The molecule has 11 nitrogen and oxygen atoms in total. The SMILES string of the molecule is CCCCCCCC/C=C\CCCCCCCC(=O)O[N+](=O)[O-].O.O.O.O.O.O. The first-order chi connectivity index (χ1) is 11.2. The molecule has 0 fully saturated rings. The van der Waals surface area contributed by atoms with Crippen molar-refractivity contribution < 1.29 is 47.6 Å². The van der Waals surface area contributed by atoms with Gasteiger partial charge in [0.2, 0.25) is 0 Å². The van der Waals surface area contributed by atoms with Crippen LogP contribution in [0.5, 0.6) is 0 Å². The van der Waals surface area contributed by atoms with Gasteiger partial charge in [-0.25, -0.2) is 4.84 Å². The highest BCUT2D eigenvalue weighted by molar-refractivity contribution is 5.68. The van der Waals surface area contributed by atoms with E-state index in [4.69, 9.17) is 0 Å². The van der Waals surface area contributed by atoms with Crippen molar-refractivity contribution in [3.8, 4) is 0 Å². The molecule has 0 aliphatic rings. The predicted molar refractivity (Wildman–Crippen MR) is 114 cm³/mol. The van der Waals surface area contributed by atoms with Crippen LogP contribution in [0.3, 0.4) is 0 Å². The van der Waals surface area contributed by atoms with Crippen molar-refractivity contribution in [1.29, 1.82) is 0 Å². The zero-order valence-corrected chi connectivity index (χ0v) is 17.6. The number of allylic oxidation sites excluding steroid dienone is 2. The summed E-state index contributed by atoms with van der Waals surface area (Å²) in [6.45, 7) is 2.24. The van der Waals surface area contributed by atoms with Crippen molar-refractivity contribution in [1.82, 2.24) is 0 Å². The highest BCUT2D eigenvalue weighted by Gasteiger charge is 2.06. The van der Waals surface area contributed by atoms with Crippen LogP contribution in [-0.2, 0) is 9.63 Å². The third-order valence-electron chi connectivity index (χ3n) is 3.82. The largest absolute Gasteiger partial charge is 0.412 e. The molecule has 0 bridgehead atoms. The summed E-state index contributed by atoms with van der Waals surface area (Å²) in [7, 11) is 0. The van der Waals surface area contributed by atoms with Crippen LogP contribution in [0.4, 0.5) is 0 Å². The van der Waals surface area contributed by atoms with E-state index in [0.717, 1.165) is 25.7 Å². The lowest BCUT2D eigenvalue weighted by Crippen LogP contribution is -2.09. The Morgan fingerprint density at radius 1 is 0.724 bits per heavy atom. The first-order valence-corrected chi connectivity index (χ1v) is 9.17. The third kappa shape index (κ3) is 41.7. The topological polar surface area (TPSA) is 258 Å². The predicted octanol–water partition coefficient (Wildman–Crippen LogP) is 0.811. The van der Waals surface area contributed by atoms with Crippen LogP contribution in [0.1, 0.15) is 96.8 Å². The van der Waals surface area contributed by atoms with Crippen molar-refractivity contribution in [3.63, 3.8) is 0 Å². The molecule has 0 spiro atoms. The molecule has 0 atom stereocenters. The van der Waals surface area contributed by atoms with Gasteiger partial charge in [-0.3, -0.25) is 4.79 Å². The van der Waals surface area contributed by atoms with E-state index >= 15 is 0 Å². The van der Waals surface area contributed by atoms with E-state index in [1.165, 1.54) is 51.4 Å². The Bertz CT molecular complexity index is 341. The molecular formula is C18H45NO10. The molecule has 0 aliphatic carbocycles. The van der Waals surface area contributed by atoms with E-state index in [1.54, 1.807) is 0 Å². The number of hydrogen-bond donors (Lipinski definition) is 0. The summed E-state index contributed by atoms with van der Waals surface area (Å²) in [5, 5.41) is 8.88. The van der Waals surface area contributed by atoms with Gasteiger partial charge in [0, 0.05) is 6.42 Å². The standard InChI is InChI=1S/C18H33NO4.6H2O/c1-2-3-4-5-6-7-8-9-10-11-12-13-14-15-16-17-18(20)23-19(21)22;;;;;;/h9-10H,2-8,11-17H2,1H3;6*1H2/b10-9-;;;;;;. The molecule has 0 heterocycles. The molecule has 182 valence electrons.